The highest BCUT2D eigenvalue weighted by Gasteiger charge is 2.31. The van der Waals surface area contributed by atoms with Gasteiger partial charge in [-0.2, -0.15) is 4.31 Å². The van der Waals surface area contributed by atoms with Crippen LogP contribution in [0.1, 0.15) is 37.8 Å². The van der Waals surface area contributed by atoms with Crippen LogP contribution in [-0.4, -0.2) is 27.5 Å². The van der Waals surface area contributed by atoms with E-state index >= 15 is 0 Å². The van der Waals surface area contributed by atoms with Crippen molar-refractivity contribution in [3.8, 4) is 11.5 Å². The average molecular weight is 482 g/mol. The lowest BCUT2D eigenvalue weighted by Gasteiger charge is -2.23. The zero-order chi connectivity index (χ0) is 24.6. The van der Waals surface area contributed by atoms with Gasteiger partial charge in [0, 0.05) is 0 Å². The average Bonchev–Trinajstić information content (AvgIpc) is 2.83. The molecule has 0 aromatic heterocycles. The minimum Gasteiger partial charge on any atom is -0.494 e. The number of unbranched alkanes of at least 4 members (excludes halogenated alkanes) is 1. The van der Waals surface area contributed by atoms with Crippen LogP contribution in [0.5, 0.6) is 11.5 Å². The summed E-state index contributed by atoms with van der Waals surface area (Å²) >= 11 is 0. The van der Waals surface area contributed by atoms with Gasteiger partial charge in [-0.25, -0.2) is 8.42 Å². The molecule has 7 heteroatoms. The number of ether oxygens (including phenoxy) is 2. The summed E-state index contributed by atoms with van der Waals surface area (Å²) in [6, 6.07) is 20.3. The molecule has 3 aromatic rings. The fourth-order valence-electron chi connectivity index (χ4n) is 3.41. The van der Waals surface area contributed by atoms with Crippen molar-refractivity contribution in [3.05, 3.63) is 83.9 Å². The molecule has 1 amide bonds. The Balaban J connectivity index is 1.87. The largest absolute Gasteiger partial charge is 0.494 e. The third-order valence-corrected chi connectivity index (χ3v) is 7.04. The molecule has 0 saturated heterocycles. The Morgan fingerprint density at radius 2 is 1.41 bits per heavy atom. The fourth-order valence-corrected chi connectivity index (χ4v) is 4.82. The van der Waals surface area contributed by atoms with Gasteiger partial charge in [0.05, 0.1) is 17.2 Å². The first-order chi connectivity index (χ1) is 16.3. The molecule has 3 aromatic carbocycles. The topological polar surface area (TPSA) is 72.9 Å². The van der Waals surface area contributed by atoms with Crippen LogP contribution in [0.25, 0.3) is 0 Å². The van der Waals surface area contributed by atoms with Crippen LogP contribution in [-0.2, 0) is 21.2 Å². The highest BCUT2D eigenvalue weighted by Crippen LogP contribution is 2.26. The predicted molar refractivity (Wildman–Crippen MR) is 134 cm³/mol. The van der Waals surface area contributed by atoms with E-state index < -0.39 is 22.5 Å². The summed E-state index contributed by atoms with van der Waals surface area (Å²) in [5, 5.41) is 0. The maximum atomic E-state index is 13.5. The Morgan fingerprint density at radius 3 is 1.97 bits per heavy atom. The molecule has 0 aliphatic heterocycles. The van der Waals surface area contributed by atoms with Crippen LogP contribution in [0.2, 0.25) is 0 Å². The van der Waals surface area contributed by atoms with Gasteiger partial charge in [-0.15, -0.1) is 0 Å². The van der Waals surface area contributed by atoms with Gasteiger partial charge < -0.3 is 9.47 Å². The third kappa shape index (κ3) is 6.38. The summed E-state index contributed by atoms with van der Waals surface area (Å²) < 4.78 is 38.9. The first-order valence-corrected chi connectivity index (χ1v) is 12.9. The molecule has 0 radical (unpaired) electrons. The van der Waals surface area contributed by atoms with Crippen molar-refractivity contribution in [2.45, 2.75) is 44.9 Å². The van der Waals surface area contributed by atoms with Crippen molar-refractivity contribution in [2.75, 3.05) is 17.5 Å². The van der Waals surface area contributed by atoms with Crippen molar-refractivity contribution in [2.24, 2.45) is 0 Å². The van der Waals surface area contributed by atoms with Crippen molar-refractivity contribution in [1.29, 1.82) is 0 Å². The van der Waals surface area contributed by atoms with Gasteiger partial charge in [-0.3, -0.25) is 4.79 Å². The number of rotatable bonds is 11. The van der Waals surface area contributed by atoms with Gasteiger partial charge >= 0.3 is 0 Å². The molecule has 34 heavy (non-hydrogen) atoms. The van der Waals surface area contributed by atoms with E-state index in [1.54, 1.807) is 48.5 Å². The highest BCUT2D eigenvalue weighted by atomic mass is 32.2. The lowest BCUT2D eigenvalue weighted by atomic mass is 10.1. The molecule has 0 spiro atoms. The molecule has 0 saturated carbocycles. The summed E-state index contributed by atoms with van der Waals surface area (Å²) in [5.74, 6) is 0.447. The van der Waals surface area contributed by atoms with Gasteiger partial charge in [0.25, 0.3) is 15.9 Å². The Kier molecular flexibility index (Phi) is 8.71. The number of carbonyl (C=O) groups excluding carboxylic acids is 1. The number of nitrogens with zero attached hydrogens (tertiary/aromatic N) is 1. The van der Waals surface area contributed by atoms with Crippen LogP contribution in [0.4, 0.5) is 5.69 Å². The summed E-state index contributed by atoms with van der Waals surface area (Å²) in [5.41, 5.74) is 2.30. The number of carbonyl (C=O) groups is 1. The Morgan fingerprint density at radius 1 is 0.824 bits per heavy atom. The second-order valence-corrected chi connectivity index (χ2v) is 9.73. The van der Waals surface area contributed by atoms with Gasteiger partial charge in [0.15, 0.2) is 6.61 Å². The number of hydrogen-bond donors (Lipinski definition) is 0. The standard InChI is InChI=1S/C27H31NO5S/c1-4-6-7-22-10-12-23(13-11-22)28(34(30,31)26-18-8-21(3)9-19-26)27(29)20-33-25-16-14-24(15-17-25)32-5-2/h8-19H,4-7,20H2,1-3H3. The highest BCUT2D eigenvalue weighted by molar-refractivity contribution is 7.93. The zero-order valence-corrected chi connectivity index (χ0v) is 20.7. The molecule has 0 heterocycles. The van der Waals surface area contributed by atoms with Crippen LogP contribution < -0.4 is 13.8 Å². The quantitative estimate of drug-likeness (QED) is 0.360. The Bertz CT molecular complexity index is 1170. The molecular weight excluding hydrogens is 450 g/mol. The molecule has 0 fully saturated rings. The van der Waals surface area contributed by atoms with Crippen molar-refractivity contribution in [3.63, 3.8) is 0 Å². The van der Waals surface area contributed by atoms with E-state index in [9.17, 15) is 13.2 Å². The smallest absolute Gasteiger partial charge is 0.278 e. The maximum absolute atomic E-state index is 13.5. The first kappa shape index (κ1) is 25.3. The van der Waals surface area contributed by atoms with Crippen LogP contribution in [0, 0.1) is 6.92 Å². The number of aryl methyl sites for hydroxylation is 2. The molecule has 0 aliphatic rings. The second kappa shape index (κ2) is 11.7. The second-order valence-electron chi connectivity index (χ2n) is 7.94. The fraction of sp³-hybridized carbons (Fsp3) is 0.296. The number of hydrogen-bond acceptors (Lipinski definition) is 5. The van der Waals surface area contributed by atoms with E-state index in [1.165, 1.54) is 12.1 Å². The molecular formula is C27H31NO5S. The predicted octanol–water partition coefficient (Wildman–Crippen LogP) is 5.54. The van der Waals surface area contributed by atoms with Crippen LogP contribution >= 0.6 is 0 Å². The molecule has 0 bridgehead atoms. The minimum atomic E-state index is -4.13. The van der Waals surface area contributed by atoms with E-state index in [1.807, 2.05) is 26.0 Å². The van der Waals surface area contributed by atoms with Gasteiger partial charge in [-0.1, -0.05) is 43.2 Å². The number of anilines is 1. The third-order valence-electron chi connectivity index (χ3n) is 5.27. The normalized spacial score (nSPS) is 11.1. The molecule has 0 aliphatic carbocycles. The minimum absolute atomic E-state index is 0.0441. The monoisotopic (exact) mass is 481 g/mol. The van der Waals surface area contributed by atoms with E-state index in [0.717, 1.165) is 34.7 Å². The molecule has 6 nitrogen and oxygen atoms in total. The molecule has 0 N–H and O–H groups in total. The maximum Gasteiger partial charge on any atom is 0.278 e. The summed E-state index contributed by atoms with van der Waals surface area (Å²) in [6.45, 7) is 5.99. The Labute approximate surface area is 202 Å². The van der Waals surface area contributed by atoms with Gasteiger partial charge in [0.2, 0.25) is 0 Å². The van der Waals surface area contributed by atoms with E-state index in [2.05, 4.69) is 6.92 Å². The summed E-state index contributed by atoms with van der Waals surface area (Å²) in [7, 11) is -4.13. The molecule has 0 unspecified atom stereocenters. The van der Waals surface area contributed by atoms with Crippen molar-refractivity contribution >= 4 is 21.6 Å². The number of benzene rings is 3. The van der Waals surface area contributed by atoms with Crippen LogP contribution in [0.15, 0.2) is 77.7 Å². The van der Waals surface area contributed by atoms with E-state index in [-0.39, 0.29) is 10.6 Å². The molecule has 3 rings (SSSR count). The summed E-state index contributed by atoms with van der Waals surface area (Å²) in [4.78, 5) is 13.3. The van der Waals surface area contributed by atoms with E-state index in [0.29, 0.717) is 18.1 Å². The van der Waals surface area contributed by atoms with Crippen molar-refractivity contribution < 1.29 is 22.7 Å². The zero-order valence-electron chi connectivity index (χ0n) is 19.9. The Hall–Kier alpha value is -3.32. The lowest BCUT2D eigenvalue weighted by Crippen LogP contribution is -2.40. The summed E-state index contributed by atoms with van der Waals surface area (Å²) in [6.07, 6.45) is 3.01. The number of amides is 1. The van der Waals surface area contributed by atoms with Gasteiger partial charge in [-0.05, 0) is 80.8 Å². The number of sulfonamides is 1. The lowest BCUT2D eigenvalue weighted by molar-refractivity contribution is -0.119. The molecule has 180 valence electrons. The SMILES string of the molecule is CCCCc1ccc(N(C(=O)COc2ccc(OCC)cc2)S(=O)(=O)c2ccc(C)cc2)cc1. The van der Waals surface area contributed by atoms with Crippen molar-refractivity contribution in [1.82, 2.24) is 0 Å². The van der Waals surface area contributed by atoms with Gasteiger partial charge in [0.1, 0.15) is 11.5 Å². The van der Waals surface area contributed by atoms with Crippen LogP contribution in [0.3, 0.4) is 0 Å². The first-order valence-electron chi connectivity index (χ1n) is 11.4. The molecule has 0 atom stereocenters. The van der Waals surface area contributed by atoms with E-state index in [4.69, 9.17) is 9.47 Å².